The first-order valence-corrected chi connectivity index (χ1v) is 7.32. The predicted octanol–water partition coefficient (Wildman–Crippen LogP) is 3.13. The third kappa shape index (κ3) is 2.69. The zero-order valence-electron chi connectivity index (χ0n) is 12.4. The second kappa shape index (κ2) is 5.80. The molecule has 7 heteroatoms. The Bertz CT molecular complexity index is 842. The van der Waals surface area contributed by atoms with Gasteiger partial charge in [-0.2, -0.15) is 18.4 Å². The van der Waals surface area contributed by atoms with Gasteiger partial charge in [-0.1, -0.05) is 18.2 Å². The van der Waals surface area contributed by atoms with Crippen LogP contribution < -0.4 is 4.90 Å². The number of alkyl halides is 3. The number of aliphatic hydroxyl groups excluding tert-OH is 1. The number of carbonyl (C=O) groups excluding carboxylic acids is 1. The fourth-order valence-electron chi connectivity index (χ4n) is 3.08. The number of hydrogen-bond donors (Lipinski definition) is 1. The minimum absolute atomic E-state index is 0.0475. The smallest absolute Gasteiger partial charge is 0.382 e. The van der Waals surface area contributed by atoms with Crippen molar-refractivity contribution in [3.63, 3.8) is 0 Å². The molecular formula is C17H13F3N2O2. The lowest BCUT2D eigenvalue weighted by Gasteiger charge is -2.30. The molecule has 0 spiro atoms. The lowest BCUT2D eigenvalue weighted by Crippen LogP contribution is -2.48. The third-order valence-electron chi connectivity index (χ3n) is 4.22. The van der Waals surface area contributed by atoms with Crippen LogP contribution in [0, 0.1) is 11.3 Å². The van der Waals surface area contributed by atoms with Crippen molar-refractivity contribution < 1.29 is 23.1 Å². The number of halogens is 3. The molecule has 124 valence electrons. The number of benzene rings is 2. The second-order valence-electron chi connectivity index (χ2n) is 5.68. The van der Waals surface area contributed by atoms with Crippen LogP contribution in [0.4, 0.5) is 18.9 Å². The Balaban J connectivity index is 2.04. The molecule has 0 aliphatic carbocycles. The van der Waals surface area contributed by atoms with Gasteiger partial charge in [-0.3, -0.25) is 4.79 Å². The van der Waals surface area contributed by atoms with Crippen LogP contribution in [0.15, 0.2) is 36.4 Å². The molecule has 1 heterocycles. The molecule has 4 nitrogen and oxygen atoms in total. The van der Waals surface area contributed by atoms with Crippen LogP contribution in [-0.4, -0.2) is 29.3 Å². The summed E-state index contributed by atoms with van der Waals surface area (Å²) in [4.78, 5) is 13.1. The standard InChI is InChI=1S/C17H13F3N2O2/c18-17(19,20)16(24)14-6-7-15(23)22(14)12-4-5-13-10(8-12)2-1-3-11(13)9-21/h1-5,8,14,16,24H,6-7H2/t14-,16+/m1/s1. The third-order valence-corrected chi connectivity index (χ3v) is 4.22. The Morgan fingerprint density at radius 2 is 2.04 bits per heavy atom. The summed E-state index contributed by atoms with van der Waals surface area (Å²) in [6.07, 6.45) is -7.49. The van der Waals surface area contributed by atoms with Gasteiger partial charge in [0.05, 0.1) is 17.7 Å². The maximum Gasteiger partial charge on any atom is 0.416 e. The van der Waals surface area contributed by atoms with Gasteiger partial charge in [-0.25, -0.2) is 0 Å². The molecular weight excluding hydrogens is 321 g/mol. The maximum absolute atomic E-state index is 12.8. The van der Waals surface area contributed by atoms with Crippen molar-refractivity contribution in [2.45, 2.75) is 31.2 Å². The molecule has 1 amide bonds. The Hall–Kier alpha value is -2.59. The first-order valence-electron chi connectivity index (χ1n) is 7.32. The Labute approximate surface area is 135 Å². The van der Waals surface area contributed by atoms with Crippen LogP contribution in [0.5, 0.6) is 0 Å². The molecule has 2 aromatic rings. The molecule has 3 rings (SSSR count). The fraction of sp³-hybridized carbons (Fsp3) is 0.294. The van der Waals surface area contributed by atoms with Gasteiger partial charge < -0.3 is 10.0 Å². The molecule has 1 aliphatic heterocycles. The highest BCUT2D eigenvalue weighted by atomic mass is 19.4. The van der Waals surface area contributed by atoms with E-state index in [0.717, 1.165) is 4.90 Å². The number of carbonyl (C=O) groups is 1. The Morgan fingerprint density at radius 3 is 2.71 bits per heavy atom. The van der Waals surface area contributed by atoms with E-state index in [1.165, 1.54) is 6.07 Å². The number of anilines is 1. The van der Waals surface area contributed by atoms with E-state index in [1.54, 1.807) is 30.3 Å². The molecule has 0 unspecified atom stereocenters. The molecule has 2 atom stereocenters. The summed E-state index contributed by atoms with van der Waals surface area (Å²) in [7, 11) is 0. The minimum atomic E-state index is -4.79. The van der Waals surface area contributed by atoms with E-state index in [4.69, 9.17) is 5.26 Å². The number of rotatable bonds is 2. The molecule has 24 heavy (non-hydrogen) atoms. The average Bonchev–Trinajstić information content (AvgIpc) is 2.93. The number of hydrogen-bond acceptors (Lipinski definition) is 3. The molecule has 0 aromatic heterocycles. The summed E-state index contributed by atoms with van der Waals surface area (Å²) < 4.78 is 38.5. The van der Waals surface area contributed by atoms with Gasteiger partial charge in [0.1, 0.15) is 0 Å². The van der Waals surface area contributed by atoms with Gasteiger partial charge in [0, 0.05) is 12.1 Å². The average molecular weight is 334 g/mol. The summed E-state index contributed by atoms with van der Waals surface area (Å²) >= 11 is 0. The number of nitriles is 1. The van der Waals surface area contributed by atoms with Crippen LogP contribution in [0.2, 0.25) is 0 Å². The van der Waals surface area contributed by atoms with Crippen LogP contribution in [0.1, 0.15) is 18.4 Å². The normalized spacial score (nSPS) is 19.5. The van der Waals surface area contributed by atoms with Crippen molar-refractivity contribution >= 4 is 22.4 Å². The van der Waals surface area contributed by atoms with Crippen LogP contribution in [0.3, 0.4) is 0 Å². The summed E-state index contributed by atoms with van der Waals surface area (Å²) in [5.74, 6) is -0.459. The van der Waals surface area contributed by atoms with E-state index in [1.807, 2.05) is 6.07 Å². The summed E-state index contributed by atoms with van der Waals surface area (Å²) in [6.45, 7) is 0. The van der Waals surface area contributed by atoms with Crippen molar-refractivity contribution in [3.8, 4) is 6.07 Å². The number of nitrogens with zero attached hydrogens (tertiary/aromatic N) is 2. The minimum Gasteiger partial charge on any atom is -0.382 e. The van der Waals surface area contributed by atoms with Gasteiger partial charge in [-0.15, -0.1) is 0 Å². The van der Waals surface area contributed by atoms with Crippen molar-refractivity contribution in [1.29, 1.82) is 5.26 Å². The van der Waals surface area contributed by atoms with E-state index in [9.17, 15) is 23.1 Å². The molecule has 2 aromatic carbocycles. The lowest BCUT2D eigenvalue weighted by atomic mass is 10.0. The lowest BCUT2D eigenvalue weighted by molar-refractivity contribution is -0.209. The zero-order valence-corrected chi connectivity index (χ0v) is 12.4. The highest BCUT2D eigenvalue weighted by Gasteiger charge is 2.49. The number of aliphatic hydroxyl groups is 1. The molecule has 1 fully saturated rings. The zero-order chi connectivity index (χ0) is 17.5. The Morgan fingerprint density at radius 1 is 1.29 bits per heavy atom. The van der Waals surface area contributed by atoms with Gasteiger partial charge in [0.2, 0.25) is 5.91 Å². The van der Waals surface area contributed by atoms with Gasteiger partial charge in [0.15, 0.2) is 6.10 Å². The number of amides is 1. The van der Waals surface area contributed by atoms with Crippen LogP contribution >= 0.6 is 0 Å². The fourth-order valence-corrected chi connectivity index (χ4v) is 3.08. The Kier molecular flexibility index (Phi) is 3.93. The van der Waals surface area contributed by atoms with Crippen molar-refractivity contribution in [2.24, 2.45) is 0 Å². The molecule has 1 aliphatic rings. The van der Waals surface area contributed by atoms with Crippen molar-refractivity contribution in [1.82, 2.24) is 0 Å². The van der Waals surface area contributed by atoms with Gasteiger partial charge in [0.25, 0.3) is 0 Å². The predicted molar refractivity (Wildman–Crippen MR) is 81.2 cm³/mol. The molecule has 1 saturated heterocycles. The van der Waals surface area contributed by atoms with E-state index in [2.05, 4.69) is 0 Å². The van der Waals surface area contributed by atoms with E-state index < -0.39 is 24.2 Å². The maximum atomic E-state index is 12.8. The highest BCUT2D eigenvalue weighted by molar-refractivity contribution is 5.99. The summed E-state index contributed by atoms with van der Waals surface area (Å²) in [6, 6.07) is 10.4. The van der Waals surface area contributed by atoms with Gasteiger partial charge in [-0.05, 0) is 35.4 Å². The van der Waals surface area contributed by atoms with E-state index >= 15 is 0 Å². The molecule has 0 radical (unpaired) electrons. The SMILES string of the molecule is N#Cc1cccc2cc(N3C(=O)CC[C@@H]3[C@H](O)C(F)(F)F)ccc12. The quantitative estimate of drug-likeness (QED) is 0.918. The largest absolute Gasteiger partial charge is 0.416 e. The highest BCUT2D eigenvalue weighted by Crippen LogP contribution is 2.35. The molecule has 1 N–H and O–H groups in total. The number of fused-ring (bicyclic) bond motifs is 1. The monoisotopic (exact) mass is 334 g/mol. The summed E-state index contributed by atoms with van der Waals surface area (Å²) in [5.41, 5.74) is 0.729. The van der Waals surface area contributed by atoms with E-state index in [0.29, 0.717) is 16.3 Å². The van der Waals surface area contributed by atoms with Crippen LogP contribution in [0.25, 0.3) is 10.8 Å². The summed E-state index contributed by atoms with van der Waals surface area (Å²) in [5, 5.41) is 20.0. The molecule has 0 saturated carbocycles. The van der Waals surface area contributed by atoms with E-state index in [-0.39, 0.29) is 18.5 Å². The van der Waals surface area contributed by atoms with Crippen molar-refractivity contribution in [3.05, 3.63) is 42.0 Å². The van der Waals surface area contributed by atoms with Gasteiger partial charge >= 0.3 is 6.18 Å². The van der Waals surface area contributed by atoms with Crippen molar-refractivity contribution in [2.75, 3.05) is 4.90 Å². The first kappa shape index (κ1) is 16.3. The van der Waals surface area contributed by atoms with Crippen LogP contribution in [-0.2, 0) is 4.79 Å². The second-order valence-corrected chi connectivity index (χ2v) is 5.68. The molecule has 0 bridgehead atoms. The first-order chi connectivity index (χ1) is 11.3. The topological polar surface area (TPSA) is 64.3 Å².